The third-order valence-corrected chi connectivity index (χ3v) is 6.30. The van der Waals surface area contributed by atoms with E-state index in [0.717, 1.165) is 42.6 Å². The van der Waals surface area contributed by atoms with Crippen molar-refractivity contribution in [3.63, 3.8) is 0 Å². The molecule has 5 nitrogen and oxygen atoms in total. The molecule has 2 amide bonds. The van der Waals surface area contributed by atoms with Gasteiger partial charge in [0.2, 0.25) is 5.91 Å². The summed E-state index contributed by atoms with van der Waals surface area (Å²) in [6.45, 7) is 10.0. The molecule has 32 heavy (non-hydrogen) atoms. The van der Waals surface area contributed by atoms with Crippen molar-refractivity contribution in [3.05, 3.63) is 65.2 Å². The van der Waals surface area contributed by atoms with E-state index in [4.69, 9.17) is 4.74 Å². The zero-order valence-corrected chi connectivity index (χ0v) is 19.8. The number of carbonyl (C=O) groups excluding carboxylic acids is 2. The van der Waals surface area contributed by atoms with Crippen LogP contribution in [0.4, 0.5) is 0 Å². The van der Waals surface area contributed by atoms with E-state index >= 15 is 0 Å². The van der Waals surface area contributed by atoms with Crippen LogP contribution < -0.4 is 10.1 Å². The number of nitrogens with zero attached hydrogens (tertiary/aromatic N) is 1. The van der Waals surface area contributed by atoms with Gasteiger partial charge >= 0.3 is 0 Å². The quantitative estimate of drug-likeness (QED) is 0.598. The van der Waals surface area contributed by atoms with Gasteiger partial charge in [0, 0.05) is 30.1 Å². The highest BCUT2D eigenvalue weighted by Gasteiger charge is 2.31. The van der Waals surface area contributed by atoms with Crippen molar-refractivity contribution in [2.75, 3.05) is 19.7 Å². The normalized spacial score (nSPS) is 14.8. The molecule has 0 unspecified atom stereocenters. The molecule has 0 bridgehead atoms. The van der Waals surface area contributed by atoms with Gasteiger partial charge in [0.15, 0.2) is 0 Å². The molecule has 0 saturated carbocycles. The van der Waals surface area contributed by atoms with Gasteiger partial charge in [-0.05, 0) is 68.9 Å². The van der Waals surface area contributed by atoms with Crippen LogP contribution in [0.15, 0.2) is 48.5 Å². The number of carbonyl (C=O) groups is 2. The number of nitrogens with one attached hydrogen (secondary N) is 1. The van der Waals surface area contributed by atoms with Crippen LogP contribution in [0.1, 0.15) is 61.0 Å². The fraction of sp³-hybridized carbons (Fsp3) is 0.481. The van der Waals surface area contributed by atoms with Gasteiger partial charge in [-0.15, -0.1) is 0 Å². The Bertz CT molecular complexity index is 916. The predicted octanol–water partition coefficient (Wildman–Crippen LogP) is 4.91. The Morgan fingerprint density at radius 2 is 1.75 bits per heavy atom. The molecule has 5 heteroatoms. The lowest BCUT2D eigenvalue weighted by Crippen LogP contribution is -2.49. The number of piperidine rings is 1. The number of likely N-dealkylation sites (tertiary alicyclic amines) is 1. The molecule has 1 aliphatic rings. The van der Waals surface area contributed by atoms with Crippen molar-refractivity contribution in [3.8, 4) is 5.75 Å². The maximum atomic E-state index is 12.9. The summed E-state index contributed by atoms with van der Waals surface area (Å²) < 4.78 is 5.94. The second-order valence-electron chi connectivity index (χ2n) is 9.51. The number of rotatable bonds is 8. The standard InChI is InChI=1S/C27H36N2O3/c1-20-11-12-21(2)24(19-20)32-18-8-15-27(3,4)26(31)28-23-13-16-29(17-14-23)25(30)22-9-6-5-7-10-22/h5-7,9-12,19,23H,8,13-18H2,1-4H3,(H,28,31). The summed E-state index contributed by atoms with van der Waals surface area (Å²) in [5.74, 6) is 1.07. The molecule has 0 aliphatic carbocycles. The van der Waals surface area contributed by atoms with E-state index in [1.165, 1.54) is 5.56 Å². The van der Waals surface area contributed by atoms with Crippen LogP contribution >= 0.6 is 0 Å². The van der Waals surface area contributed by atoms with Gasteiger partial charge in [-0.3, -0.25) is 9.59 Å². The Balaban J connectivity index is 1.41. The molecule has 1 saturated heterocycles. The van der Waals surface area contributed by atoms with E-state index in [-0.39, 0.29) is 17.9 Å². The number of aryl methyl sites for hydroxylation is 2. The van der Waals surface area contributed by atoms with Gasteiger partial charge in [-0.1, -0.05) is 44.2 Å². The second-order valence-corrected chi connectivity index (χ2v) is 9.51. The maximum Gasteiger partial charge on any atom is 0.253 e. The summed E-state index contributed by atoms with van der Waals surface area (Å²) in [7, 11) is 0. The first-order valence-corrected chi connectivity index (χ1v) is 11.6. The van der Waals surface area contributed by atoms with E-state index in [9.17, 15) is 9.59 Å². The monoisotopic (exact) mass is 436 g/mol. The summed E-state index contributed by atoms with van der Waals surface area (Å²) >= 11 is 0. The van der Waals surface area contributed by atoms with Crippen molar-refractivity contribution in [1.82, 2.24) is 10.2 Å². The van der Waals surface area contributed by atoms with Crippen molar-refractivity contribution in [2.45, 2.75) is 59.4 Å². The maximum absolute atomic E-state index is 12.9. The highest BCUT2D eigenvalue weighted by atomic mass is 16.5. The first kappa shape index (κ1) is 23.8. The molecule has 1 fully saturated rings. The van der Waals surface area contributed by atoms with Gasteiger partial charge < -0.3 is 15.0 Å². The zero-order valence-electron chi connectivity index (χ0n) is 19.8. The first-order chi connectivity index (χ1) is 15.3. The van der Waals surface area contributed by atoms with Crippen LogP contribution in [0.3, 0.4) is 0 Å². The fourth-order valence-corrected chi connectivity index (χ4v) is 4.04. The lowest BCUT2D eigenvalue weighted by Gasteiger charge is -2.34. The SMILES string of the molecule is Cc1ccc(C)c(OCCCC(C)(C)C(=O)NC2CCN(C(=O)c3ccccc3)CC2)c1. The molecule has 0 atom stereocenters. The Morgan fingerprint density at radius 1 is 1.06 bits per heavy atom. The van der Waals surface area contributed by atoms with Crippen LogP contribution in [0.25, 0.3) is 0 Å². The molecule has 1 aliphatic heterocycles. The lowest BCUT2D eigenvalue weighted by molar-refractivity contribution is -0.130. The molecule has 0 radical (unpaired) electrons. The van der Waals surface area contributed by atoms with Gasteiger partial charge in [0.05, 0.1) is 6.61 Å². The van der Waals surface area contributed by atoms with E-state index in [1.807, 2.05) is 56.0 Å². The topological polar surface area (TPSA) is 58.6 Å². The number of ether oxygens (including phenoxy) is 1. The molecular formula is C27H36N2O3. The van der Waals surface area contributed by atoms with Crippen LogP contribution in [0.5, 0.6) is 5.75 Å². The minimum Gasteiger partial charge on any atom is -0.493 e. The van der Waals surface area contributed by atoms with Gasteiger partial charge in [-0.2, -0.15) is 0 Å². The average Bonchev–Trinajstić information content (AvgIpc) is 2.79. The number of benzene rings is 2. The molecule has 2 aromatic rings. The zero-order chi connectivity index (χ0) is 23.1. The van der Waals surface area contributed by atoms with Gasteiger partial charge in [0.1, 0.15) is 5.75 Å². The van der Waals surface area contributed by atoms with Crippen molar-refractivity contribution >= 4 is 11.8 Å². The number of amides is 2. The molecule has 3 rings (SSSR count). The second kappa shape index (κ2) is 10.7. The molecule has 172 valence electrons. The van der Waals surface area contributed by atoms with Crippen molar-refractivity contribution < 1.29 is 14.3 Å². The van der Waals surface area contributed by atoms with Crippen LogP contribution in [0.2, 0.25) is 0 Å². The minimum atomic E-state index is -0.456. The third-order valence-electron chi connectivity index (χ3n) is 6.30. The van der Waals surface area contributed by atoms with E-state index < -0.39 is 5.41 Å². The molecule has 0 aromatic heterocycles. The number of hydrogen-bond acceptors (Lipinski definition) is 3. The Kier molecular flexibility index (Phi) is 7.94. The highest BCUT2D eigenvalue weighted by Crippen LogP contribution is 2.25. The Hall–Kier alpha value is -2.82. The smallest absolute Gasteiger partial charge is 0.253 e. The average molecular weight is 437 g/mol. The summed E-state index contributed by atoms with van der Waals surface area (Å²) in [6.07, 6.45) is 3.15. The van der Waals surface area contributed by atoms with Crippen LogP contribution in [-0.4, -0.2) is 42.5 Å². The Morgan fingerprint density at radius 3 is 2.44 bits per heavy atom. The first-order valence-electron chi connectivity index (χ1n) is 11.6. The molecular weight excluding hydrogens is 400 g/mol. The summed E-state index contributed by atoms with van der Waals surface area (Å²) in [5.41, 5.74) is 2.58. The largest absolute Gasteiger partial charge is 0.493 e. The summed E-state index contributed by atoms with van der Waals surface area (Å²) in [6, 6.07) is 15.7. The Labute approximate surface area is 192 Å². The molecule has 1 heterocycles. The van der Waals surface area contributed by atoms with E-state index in [0.29, 0.717) is 19.7 Å². The van der Waals surface area contributed by atoms with Gasteiger partial charge in [0.25, 0.3) is 5.91 Å². The van der Waals surface area contributed by atoms with Crippen molar-refractivity contribution in [1.29, 1.82) is 0 Å². The summed E-state index contributed by atoms with van der Waals surface area (Å²) in [5, 5.41) is 3.22. The lowest BCUT2D eigenvalue weighted by atomic mass is 9.86. The predicted molar refractivity (Wildman–Crippen MR) is 128 cm³/mol. The van der Waals surface area contributed by atoms with Crippen molar-refractivity contribution in [2.24, 2.45) is 5.41 Å². The van der Waals surface area contributed by atoms with Crippen LogP contribution in [-0.2, 0) is 4.79 Å². The van der Waals surface area contributed by atoms with E-state index in [2.05, 4.69) is 30.4 Å². The van der Waals surface area contributed by atoms with Crippen LogP contribution in [0, 0.1) is 19.3 Å². The highest BCUT2D eigenvalue weighted by molar-refractivity contribution is 5.94. The van der Waals surface area contributed by atoms with Gasteiger partial charge in [-0.25, -0.2) is 0 Å². The van der Waals surface area contributed by atoms with E-state index in [1.54, 1.807) is 0 Å². The molecule has 0 spiro atoms. The molecule has 2 aromatic carbocycles. The molecule has 1 N–H and O–H groups in total. The number of hydrogen-bond donors (Lipinski definition) is 1. The summed E-state index contributed by atoms with van der Waals surface area (Å²) in [4.78, 5) is 27.4. The fourth-order valence-electron chi connectivity index (χ4n) is 4.04. The third kappa shape index (κ3) is 6.35. The minimum absolute atomic E-state index is 0.0690.